The van der Waals surface area contributed by atoms with Crippen molar-refractivity contribution in [2.75, 3.05) is 11.4 Å². The molecule has 0 saturated heterocycles. The molecule has 7 heteroatoms. The number of carbonyl (C=O) groups is 2. The SMILES string of the molecule is CCCN(C(=O)OCc1ccccc1)c1cccn([C@@H](CC)C(=O)OC(C)(C)C)c1=O. The Bertz CT molecular complexity index is 931. The van der Waals surface area contributed by atoms with E-state index < -0.39 is 29.3 Å². The quantitative estimate of drug-likeness (QED) is 0.570. The Hall–Kier alpha value is -3.09. The Morgan fingerprint density at radius 1 is 1.06 bits per heavy atom. The molecule has 0 fully saturated rings. The number of rotatable bonds is 8. The first-order valence-electron chi connectivity index (χ1n) is 10.6. The van der Waals surface area contributed by atoms with Gasteiger partial charge in [0.1, 0.15) is 23.9 Å². The topological polar surface area (TPSA) is 77.8 Å². The van der Waals surface area contributed by atoms with Crippen LogP contribution in [0, 0.1) is 0 Å². The maximum Gasteiger partial charge on any atom is 0.414 e. The second-order valence-electron chi connectivity index (χ2n) is 8.26. The van der Waals surface area contributed by atoms with Crippen molar-refractivity contribution in [2.45, 2.75) is 65.7 Å². The van der Waals surface area contributed by atoms with Gasteiger partial charge in [-0.3, -0.25) is 14.3 Å². The van der Waals surface area contributed by atoms with Gasteiger partial charge in [-0.2, -0.15) is 0 Å². The molecule has 0 aliphatic rings. The first-order valence-corrected chi connectivity index (χ1v) is 10.6. The molecule has 0 unspecified atom stereocenters. The summed E-state index contributed by atoms with van der Waals surface area (Å²) < 4.78 is 12.2. The number of hydrogen-bond acceptors (Lipinski definition) is 5. The number of pyridine rings is 1. The second-order valence-corrected chi connectivity index (χ2v) is 8.26. The summed E-state index contributed by atoms with van der Waals surface area (Å²) in [5, 5.41) is 0. The number of carbonyl (C=O) groups excluding carboxylic acids is 2. The summed E-state index contributed by atoms with van der Waals surface area (Å²) in [6.45, 7) is 9.49. The Labute approximate surface area is 183 Å². The van der Waals surface area contributed by atoms with E-state index in [0.29, 0.717) is 19.4 Å². The summed E-state index contributed by atoms with van der Waals surface area (Å²) in [6.07, 6.45) is 1.96. The monoisotopic (exact) mass is 428 g/mol. The van der Waals surface area contributed by atoms with Gasteiger partial charge in [0.25, 0.3) is 5.56 Å². The molecule has 0 N–H and O–H groups in total. The molecule has 0 radical (unpaired) electrons. The van der Waals surface area contributed by atoms with E-state index in [9.17, 15) is 14.4 Å². The van der Waals surface area contributed by atoms with Crippen LogP contribution in [-0.2, 0) is 20.9 Å². The standard InChI is InChI=1S/C24H32N2O5/c1-6-15-26(23(29)30-17-18-12-9-8-10-13-18)20-14-11-16-25(21(20)27)19(7-2)22(28)31-24(3,4)5/h8-14,16,19H,6-7,15,17H2,1-5H3/t19-/m0/s1. The maximum atomic E-state index is 13.2. The Kier molecular flexibility index (Phi) is 8.42. The fourth-order valence-corrected chi connectivity index (χ4v) is 3.13. The lowest BCUT2D eigenvalue weighted by Gasteiger charge is -2.26. The normalized spacial score (nSPS) is 12.2. The van der Waals surface area contributed by atoms with Gasteiger partial charge < -0.3 is 9.47 Å². The van der Waals surface area contributed by atoms with Crippen LogP contribution in [0.15, 0.2) is 53.5 Å². The molecule has 0 aliphatic heterocycles. The number of amides is 1. The Morgan fingerprint density at radius 3 is 2.32 bits per heavy atom. The lowest BCUT2D eigenvalue weighted by atomic mass is 10.1. The van der Waals surface area contributed by atoms with E-state index in [2.05, 4.69) is 0 Å². The fraction of sp³-hybridized carbons (Fsp3) is 0.458. The third-order valence-electron chi connectivity index (χ3n) is 4.52. The zero-order valence-corrected chi connectivity index (χ0v) is 19.0. The summed E-state index contributed by atoms with van der Waals surface area (Å²) in [7, 11) is 0. The van der Waals surface area contributed by atoms with Gasteiger partial charge in [-0.15, -0.1) is 0 Å². The summed E-state index contributed by atoms with van der Waals surface area (Å²) in [5.74, 6) is -0.483. The highest BCUT2D eigenvalue weighted by Gasteiger charge is 2.28. The molecule has 0 spiro atoms. The highest BCUT2D eigenvalue weighted by Crippen LogP contribution is 2.19. The van der Waals surface area contributed by atoms with Gasteiger partial charge in [0, 0.05) is 12.7 Å². The van der Waals surface area contributed by atoms with Crippen molar-refractivity contribution in [3.05, 3.63) is 64.6 Å². The highest BCUT2D eigenvalue weighted by molar-refractivity contribution is 5.87. The number of nitrogens with zero attached hydrogens (tertiary/aromatic N) is 2. The summed E-state index contributed by atoms with van der Waals surface area (Å²) in [4.78, 5) is 40.0. The fourth-order valence-electron chi connectivity index (χ4n) is 3.13. The molecule has 1 atom stereocenters. The average Bonchev–Trinajstić information content (AvgIpc) is 2.72. The third kappa shape index (κ3) is 6.70. The van der Waals surface area contributed by atoms with Gasteiger partial charge in [0.05, 0.1) is 0 Å². The number of ether oxygens (including phenoxy) is 2. The number of anilines is 1. The smallest absolute Gasteiger partial charge is 0.414 e. The van der Waals surface area contributed by atoms with E-state index in [1.165, 1.54) is 9.47 Å². The highest BCUT2D eigenvalue weighted by atomic mass is 16.6. The minimum absolute atomic E-state index is 0.108. The summed E-state index contributed by atoms with van der Waals surface area (Å²) in [5.41, 5.74) is -0.0789. The van der Waals surface area contributed by atoms with E-state index in [4.69, 9.17) is 9.47 Å². The van der Waals surface area contributed by atoms with Crippen LogP contribution in [-0.4, -0.2) is 28.8 Å². The molecule has 0 aliphatic carbocycles. The molecule has 2 aromatic rings. The third-order valence-corrected chi connectivity index (χ3v) is 4.52. The van der Waals surface area contributed by atoms with Crippen molar-refractivity contribution in [1.29, 1.82) is 0 Å². The molecule has 1 amide bonds. The van der Waals surface area contributed by atoms with Crippen molar-refractivity contribution < 1.29 is 19.1 Å². The predicted octanol–water partition coefficient (Wildman–Crippen LogP) is 4.69. The minimum atomic E-state index is -0.782. The minimum Gasteiger partial charge on any atom is -0.458 e. The lowest BCUT2D eigenvalue weighted by Crippen LogP contribution is -2.40. The molecule has 31 heavy (non-hydrogen) atoms. The second kappa shape index (κ2) is 10.8. The van der Waals surface area contributed by atoms with E-state index in [1.54, 1.807) is 39.1 Å². The molecule has 1 heterocycles. The van der Waals surface area contributed by atoms with Crippen LogP contribution in [0.4, 0.5) is 10.5 Å². The van der Waals surface area contributed by atoms with Crippen molar-refractivity contribution >= 4 is 17.7 Å². The lowest BCUT2D eigenvalue weighted by molar-refractivity contribution is -0.159. The van der Waals surface area contributed by atoms with Gasteiger partial charge in [-0.25, -0.2) is 9.59 Å². The van der Waals surface area contributed by atoms with Crippen LogP contribution < -0.4 is 10.5 Å². The Morgan fingerprint density at radius 2 is 1.74 bits per heavy atom. The van der Waals surface area contributed by atoms with Gasteiger partial charge in [-0.1, -0.05) is 44.2 Å². The molecular formula is C24H32N2O5. The number of hydrogen-bond donors (Lipinski definition) is 0. The summed E-state index contributed by atoms with van der Waals surface area (Å²) >= 11 is 0. The Balaban J connectivity index is 2.30. The van der Waals surface area contributed by atoms with Crippen LogP contribution in [0.2, 0.25) is 0 Å². The molecule has 1 aromatic heterocycles. The van der Waals surface area contributed by atoms with Crippen LogP contribution in [0.25, 0.3) is 0 Å². The van der Waals surface area contributed by atoms with E-state index in [1.807, 2.05) is 44.2 Å². The van der Waals surface area contributed by atoms with Crippen LogP contribution >= 0.6 is 0 Å². The molecular weight excluding hydrogens is 396 g/mol. The van der Waals surface area contributed by atoms with Gasteiger partial charge in [0.15, 0.2) is 0 Å². The van der Waals surface area contributed by atoms with Crippen LogP contribution in [0.3, 0.4) is 0 Å². The van der Waals surface area contributed by atoms with Gasteiger partial charge in [0.2, 0.25) is 0 Å². The van der Waals surface area contributed by atoms with E-state index in [0.717, 1.165) is 5.56 Å². The molecule has 0 bridgehead atoms. The van der Waals surface area contributed by atoms with Crippen molar-refractivity contribution in [3.63, 3.8) is 0 Å². The van der Waals surface area contributed by atoms with Gasteiger partial charge in [-0.05, 0) is 51.3 Å². The van der Waals surface area contributed by atoms with Crippen molar-refractivity contribution in [3.8, 4) is 0 Å². The predicted molar refractivity (Wildman–Crippen MR) is 120 cm³/mol. The zero-order chi connectivity index (χ0) is 23.0. The first-order chi connectivity index (χ1) is 14.7. The van der Waals surface area contributed by atoms with Gasteiger partial charge >= 0.3 is 12.1 Å². The van der Waals surface area contributed by atoms with Crippen molar-refractivity contribution in [1.82, 2.24) is 4.57 Å². The molecule has 168 valence electrons. The molecule has 0 saturated carbocycles. The first kappa shape index (κ1) is 24.2. The maximum absolute atomic E-state index is 13.2. The van der Waals surface area contributed by atoms with E-state index >= 15 is 0 Å². The number of aromatic nitrogens is 1. The number of esters is 1. The van der Waals surface area contributed by atoms with E-state index in [-0.39, 0.29) is 12.3 Å². The summed E-state index contributed by atoms with van der Waals surface area (Å²) in [6, 6.07) is 11.8. The molecule has 2 rings (SSSR count). The molecule has 7 nitrogen and oxygen atoms in total. The largest absolute Gasteiger partial charge is 0.458 e. The van der Waals surface area contributed by atoms with Crippen LogP contribution in [0.1, 0.15) is 59.1 Å². The van der Waals surface area contributed by atoms with Crippen LogP contribution in [0.5, 0.6) is 0 Å². The zero-order valence-electron chi connectivity index (χ0n) is 19.0. The molecule has 1 aromatic carbocycles. The number of benzene rings is 1. The average molecular weight is 429 g/mol. The van der Waals surface area contributed by atoms with Crippen molar-refractivity contribution in [2.24, 2.45) is 0 Å².